The second-order valence-corrected chi connectivity index (χ2v) is 6.20. The van der Waals surface area contributed by atoms with Gasteiger partial charge in [-0.05, 0) is 38.6 Å². The summed E-state index contributed by atoms with van der Waals surface area (Å²) in [5, 5.41) is 3.48. The van der Waals surface area contributed by atoms with E-state index in [9.17, 15) is 0 Å². The number of thiazole rings is 1. The van der Waals surface area contributed by atoms with E-state index in [2.05, 4.69) is 22.2 Å². The molecule has 0 bridgehead atoms. The van der Waals surface area contributed by atoms with Gasteiger partial charge in [0.1, 0.15) is 5.01 Å². The van der Waals surface area contributed by atoms with Crippen molar-refractivity contribution in [1.29, 1.82) is 0 Å². The highest BCUT2D eigenvalue weighted by Gasteiger charge is 2.35. The maximum atomic E-state index is 4.59. The van der Waals surface area contributed by atoms with Gasteiger partial charge in [-0.15, -0.1) is 11.3 Å². The monoisotopic (exact) mass is 236 g/mol. The average Bonchev–Trinajstić information content (AvgIpc) is 2.87. The van der Waals surface area contributed by atoms with Gasteiger partial charge in [-0.3, -0.25) is 4.90 Å². The third-order valence-electron chi connectivity index (χ3n) is 4.13. The molecule has 0 aromatic carbocycles. The van der Waals surface area contributed by atoms with Gasteiger partial charge >= 0.3 is 0 Å². The molecule has 16 heavy (non-hydrogen) atoms. The standard InChI is InChI=1S/C13H20N2S/c1-10-9-16-13(14-10)8-15-7-6-11-4-2-3-5-12(11)15/h9,11-12H,2-8H2,1H3. The van der Waals surface area contributed by atoms with Crippen LogP contribution in [0.2, 0.25) is 0 Å². The molecule has 0 amide bonds. The molecule has 0 spiro atoms. The first-order valence-electron chi connectivity index (χ1n) is 6.48. The zero-order chi connectivity index (χ0) is 11.0. The van der Waals surface area contributed by atoms with Crippen molar-refractivity contribution < 1.29 is 0 Å². The third-order valence-corrected chi connectivity index (χ3v) is 5.08. The first kappa shape index (κ1) is 10.7. The molecule has 2 heterocycles. The molecule has 2 atom stereocenters. The number of aromatic nitrogens is 1. The van der Waals surface area contributed by atoms with Crippen molar-refractivity contribution in [2.45, 2.75) is 51.6 Å². The number of hydrogen-bond donors (Lipinski definition) is 0. The Bertz CT molecular complexity index is 361. The highest BCUT2D eigenvalue weighted by atomic mass is 32.1. The van der Waals surface area contributed by atoms with E-state index in [1.54, 1.807) is 0 Å². The Morgan fingerprint density at radius 1 is 1.38 bits per heavy atom. The van der Waals surface area contributed by atoms with Crippen LogP contribution in [0.15, 0.2) is 5.38 Å². The van der Waals surface area contributed by atoms with Gasteiger partial charge in [0.15, 0.2) is 0 Å². The number of nitrogens with zero attached hydrogens (tertiary/aromatic N) is 2. The van der Waals surface area contributed by atoms with Crippen LogP contribution in [0.1, 0.15) is 42.8 Å². The summed E-state index contributed by atoms with van der Waals surface area (Å²) < 4.78 is 0. The van der Waals surface area contributed by atoms with E-state index in [0.29, 0.717) is 0 Å². The van der Waals surface area contributed by atoms with Crippen molar-refractivity contribution in [1.82, 2.24) is 9.88 Å². The SMILES string of the molecule is Cc1csc(CN2CCC3CCCCC32)n1. The molecule has 0 radical (unpaired) electrons. The molecule has 1 aliphatic heterocycles. The first-order chi connectivity index (χ1) is 7.83. The number of fused-ring (bicyclic) bond motifs is 1. The Hall–Kier alpha value is -0.410. The Labute approximate surface area is 102 Å². The van der Waals surface area contributed by atoms with Crippen molar-refractivity contribution >= 4 is 11.3 Å². The smallest absolute Gasteiger partial charge is 0.107 e. The van der Waals surface area contributed by atoms with Crippen LogP contribution in [0.3, 0.4) is 0 Å². The normalized spacial score (nSPS) is 30.6. The predicted molar refractivity (Wildman–Crippen MR) is 67.6 cm³/mol. The van der Waals surface area contributed by atoms with E-state index in [-0.39, 0.29) is 0 Å². The third kappa shape index (κ3) is 2.03. The van der Waals surface area contributed by atoms with Crippen molar-refractivity contribution in [3.8, 4) is 0 Å². The van der Waals surface area contributed by atoms with Gasteiger partial charge in [-0.1, -0.05) is 12.8 Å². The minimum absolute atomic E-state index is 0.873. The summed E-state index contributed by atoms with van der Waals surface area (Å²) in [6.45, 7) is 4.49. The zero-order valence-electron chi connectivity index (χ0n) is 9.98. The fraction of sp³-hybridized carbons (Fsp3) is 0.769. The molecule has 1 saturated carbocycles. The molecule has 0 N–H and O–H groups in total. The predicted octanol–water partition coefficient (Wildman–Crippen LogP) is 3.22. The molecule has 88 valence electrons. The largest absolute Gasteiger partial charge is 0.293 e. The van der Waals surface area contributed by atoms with Crippen molar-refractivity contribution in [3.63, 3.8) is 0 Å². The van der Waals surface area contributed by atoms with Crippen LogP contribution in [0.4, 0.5) is 0 Å². The van der Waals surface area contributed by atoms with Crippen LogP contribution in [0, 0.1) is 12.8 Å². The second kappa shape index (κ2) is 4.46. The lowest BCUT2D eigenvalue weighted by molar-refractivity contribution is 0.176. The van der Waals surface area contributed by atoms with E-state index in [4.69, 9.17) is 0 Å². The van der Waals surface area contributed by atoms with Gasteiger partial charge in [0, 0.05) is 17.1 Å². The molecule has 1 aromatic heterocycles. The lowest BCUT2D eigenvalue weighted by atomic mass is 9.85. The molecule has 2 unspecified atom stereocenters. The Kier molecular flexibility index (Phi) is 2.99. The highest BCUT2D eigenvalue weighted by Crippen LogP contribution is 2.36. The van der Waals surface area contributed by atoms with Crippen molar-refractivity contribution in [2.75, 3.05) is 6.54 Å². The van der Waals surface area contributed by atoms with Gasteiger partial charge in [0.2, 0.25) is 0 Å². The lowest BCUT2D eigenvalue weighted by Gasteiger charge is -2.31. The summed E-state index contributed by atoms with van der Waals surface area (Å²) in [6, 6.07) is 0.873. The highest BCUT2D eigenvalue weighted by molar-refractivity contribution is 7.09. The van der Waals surface area contributed by atoms with Crippen molar-refractivity contribution in [3.05, 3.63) is 16.1 Å². The molecule has 1 saturated heterocycles. The number of rotatable bonds is 2. The molecular weight excluding hydrogens is 216 g/mol. The maximum Gasteiger partial charge on any atom is 0.107 e. The fourth-order valence-corrected chi connectivity index (χ4v) is 4.14. The van der Waals surface area contributed by atoms with E-state index in [1.807, 2.05) is 11.3 Å². The summed E-state index contributed by atoms with van der Waals surface area (Å²) in [6.07, 6.45) is 7.22. The quantitative estimate of drug-likeness (QED) is 0.784. The van der Waals surface area contributed by atoms with Crippen LogP contribution in [-0.4, -0.2) is 22.5 Å². The molecule has 2 nitrogen and oxygen atoms in total. The Morgan fingerprint density at radius 2 is 2.25 bits per heavy atom. The molecule has 1 aliphatic carbocycles. The van der Waals surface area contributed by atoms with E-state index in [1.165, 1.54) is 49.4 Å². The second-order valence-electron chi connectivity index (χ2n) is 5.25. The molecule has 2 fully saturated rings. The van der Waals surface area contributed by atoms with Gasteiger partial charge in [-0.25, -0.2) is 4.98 Å². The number of likely N-dealkylation sites (tertiary alicyclic amines) is 1. The number of aryl methyl sites for hydroxylation is 1. The average molecular weight is 236 g/mol. The van der Waals surface area contributed by atoms with Crippen LogP contribution >= 0.6 is 11.3 Å². The molecule has 1 aromatic rings. The van der Waals surface area contributed by atoms with Gasteiger partial charge in [0.25, 0.3) is 0 Å². The Morgan fingerprint density at radius 3 is 3.06 bits per heavy atom. The summed E-state index contributed by atoms with van der Waals surface area (Å²) in [7, 11) is 0. The summed E-state index contributed by atoms with van der Waals surface area (Å²) in [4.78, 5) is 7.27. The number of hydrogen-bond acceptors (Lipinski definition) is 3. The van der Waals surface area contributed by atoms with E-state index < -0.39 is 0 Å². The van der Waals surface area contributed by atoms with Crippen LogP contribution < -0.4 is 0 Å². The fourth-order valence-electron chi connectivity index (χ4n) is 3.35. The summed E-state index contributed by atoms with van der Waals surface area (Å²) in [5.74, 6) is 0.995. The van der Waals surface area contributed by atoms with Gasteiger partial charge in [0.05, 0.1) is 6.54 Å². The molecular formula is C13H20N2S. The lowest BCUT2D eigenvalue weighted by Crippen LogP contribution is -2.34. The summed E-state index contributed by atoms with van der Waals surface area (Å²) >= 11 is 1.82. The minimum Gasteiger partial charge on any atom is -0.293 e. The van der Waals surface area contributed by atoms with E-state index >= 15 is 0 Å². The van der Waals surface area contributed by atoms with Crippen LogP contribution in [0.5, 0.6) is 0 Å². The van der Waals surface area contributed by atoms with Gasteiger partial charge < -0.3 is 0 Å². The van der Waals surface area contributed by atoms with Gasteiger partial charge in [-0.2, -0.15) is 0 Å². The van der Waals surface area contributed by atoms with Crippen molar-refractivity contribution in [2.24, 2.45) is 5.92 Å². The Balaban J connectivity index is 1.67. The maximum absolute atomic E-state index is 4.59. The van der Waals surface area contributed by atoms with Crippen LogP contribution in [0.25, 0.3) is 0 Å². The summed E-state index contributed by atoms with van der Waals surface area (Å²) in [5.41, 5.74) is 1.18. The molecule has 2 aliphatic rings. The first-order valence-corrected chi connectivity index (χ1v) is 7.36. The minimum atomic E-state index is 0.873. The van der Waals surface area contributed by atoms with Crippen LogP contribution in [-0.2, 0) is 6.54 Å². The topological polar surface area (TPSA) is 16.1 Å². The molecule has 3 rings (SSSR count). The molecule has 3 heteroatoms. The van der Waals surface area contributed by atoms with E-state index in [0.717, 1.165) is 18.5 Å². The zero-order valence-corrected chi connectivity index (χ0v) is 10.8.